The van der Waals surface area contributed by atoms with Crippen molar-refractivity contribution in [2.75, 3.05) is 6.54 Å². The average molecular weight is 364 g/mol. The maximum Gasteiger partial charge on any atom is 0.212 e. The van der Waals surface area contributed by atoms with Gasteiger partial charge in [-0.1, -0.05) is 35.1 Å². The average Bonchev–Trinajstić information content (AvgIpc) is 3.16. The number of hydrogen-bond donors (Lipinski definition) is 1. The number of aromatic nitrogens is 5. The largest absolute Gasteiger partial charge is 0.312 e. The molecule has 0 unspecified atom stereocenters. The van der Waals surface area contributed by atoms with Gasteiger partial charge in [-0.15, -0.1) is 0 Å². The Morgan fingerprint density at radius 2 is 2.00 bits per heavy atom. The molecule has 0 spiro atoms. The Hall–Kier alpha value is -2.64. The van der Waals surface area contributed by atoms with Gasteiger partial charge in [0, 0.05) is 43.0 Å². The molecule has 0 aliphatic carbocycles. The van der Waals surface area contributed by atoms with E-state index in [1.807, 2.05) is 42.2 Å². The summed E-state index contributed by atoms with van der Waals surface area (Å²) in [6.45, 7) is 5.66. The number of fused-ring (bicyclic) bond motifs is 1. The van der Waals surface area contributed by atoms with Crippen molar-refractivity contribution in [3.8, 4) is 11.4 Å². The summed E-state index contributed by atoms with van der Waals surface area (Å²) < 4.78 is 1.85. The molecule has 4 rings (SSSR count). The van der Waals surface area contributed by atoms with Crippen molar-refractivity contribution in [2.24, 2.45) is 0 Å². The van der Waals surface area contributed by atoms with Crippen LogP contribution in [0.4, 0.5) is 0 Å². The summed E-state index contributed by atoms with van der Waals surface area (Å²) >= 11 is 1.61. The van der Waals surface area contributed by atoms with E-state index in [4.69, 9.17) is 0 Å². The highest BCUT2D eigenvalue weighted by Crippen LogP contribution is 2.16. The monoisotopic (exact) mass is 364 g/mol. The van der Waals surface area contributed by atoms with Crippen molar-refractivity contribution in [1.29, 1.82) is 0 Å². The summed E-state index contributed by atoms with van der Waals surface area (Å²) in [7, 11) is 0. The first kappa shape index (κ1) is 16.8. The van der Waals surface area contributed by atoms with Crippen molar-refractivity contribution in [1.82, 2.24) is 29.9 Å². The minimum absolute atomic E-state index is 0.744. The van der Waals surface area contributed by atoms with Gasteiger partial charge in [-0.2, -0.15) is 5.10 Å². The number of benzene rings is 1. The minimum atomic E-state index is 0.744. The van der Waals surface area contributed by atoms with Crippen LogP contribution in [0.3, 0.4) is 0 Å². The normalized spacial score (nSPS) is 11.3. The lowest BCUT2D eigenvalue weighted by Crippen LogP contribution is -2.17. The summed E-state index contributed by atoms with van der Waals surface area (Å²) in [5, 5.41) is 8.84. The van der Waals surface area contributed by atoms with Crippen LogP contribution in [0, 0.1) is 13.8 Å². The lowest BCUT2D eigenvalue weighted by molar-refractivity contribution is 0.677. The third-order valence-electron chi connectivity index (χ3n) is 4.06. The number of nitrogens with zero attached hydrogens (tertiary/aromatic N) is 5. The van der Waals surface area contributed by atoms with Crippen LogP contribution in [0.1, 0.15) is 21.8 Å². The fourth-order valence-electron chi connectivity index (χ4n) is 2.79. The second-order valence-corrected chi connectivity index (χ2v) is 7.45. The summed E-state index contributed by atoms with van der Waals surface area (Å²) in [6, 6.07) is 8.23. The van der Waals surface area contributed by atoms with Crippen molar-refractivity contribution in [3.05, 3.63) is 64.7 Å². The molecule has 0 radical (unpaired) electrons. The maximum absolute atomic E-state index is 4.58. The molecule has 0 atom stereocenters. The first-order valence-electron chi connectivity index (χ1n) is 8.58. The molecule has 0 fully saturated rings. The smallest absolute Gasteiger partial charge is 0.212 e. The first-order chi connectivity index (χ1) is 12.7. The van der Waals surface area contributed by atoms with Gasteiger partial charge in [0.15, 0.2) is 5.82 Å². The van der Waals surface area contributed by atoms with Crippen LogP contribution in [0.5, 0.6) is 0 Å². The van der Waals surface area contributed by atoms with Crippen molar-refractivity contribution < 1.29 is 0 Å². The fraction of sp³-hybridized carbons (Fsp3) is 0.263. The highest BCUT2D eigenvalue weighted by molar-refractivity contribution is 7.16. The van der Waals surface area contributed by atoms with E-state index in [0.29, 0.717) is 0 Å². The number of hydrogen-bond acceptors (Lipinski definition) is 6. The molecule has 0 bridgehead atoms. The molecule has 7 heteroatoms. The molecule has 0 aliphatic rings. The third kappa shape index (κ3) is 3.79. The Labute approximate surface area is 156 Å². The topological polar surface area (TPSA) is 68.0 Å². The predicted octanol–water partition coefficient (Wildman–Crippen LogP) is 3.20. The van der Waals surface area contributed by atoms with E-state index >= 15 is 0 Å². The van der Waals surface area contributed by atoms with Gasteiger partial charge in [-0.25, -0.2) is 19.5 Å². The van der Waals surface area contributed by atoms with E-state index in [1.54, 1.807) is 11.3 Å². The highest BCUT2D eigenvalue weighted by Gasteiger charge is 2.06. The molecule has 1 aromatic carbocycles. The van der Waals surface area contributed by atoms with E-state index < -0.39 is 0 Å². The standard InChI is InChI=1S/C19H20N6S/c1-13-4-3-5-16(8-13)18-21-10-15(11-22-18)9-20-7-6-17-12-25-19(23-17)26-14(2)24-25/h3-5,8,10-12,20H,6-7,9H2,1-2H3. The van der Waals surface area contributed by atoms with E-state index in [2.05, 4.69) is 44.4 Å². The summed E-state index contributed by atoms with van der Waals surface area (Å²) in [4.78, 5) is 14.5. The molecule has 3 aromatic heterocycles. The second-order valence-electron chi connectivity index (χ2n) is 6.29. The zero-order valence-corrected chi connectivity index (χ0v) is 15.6. The van der Waals surface area contributed by atoms with Gasteiger partial charge in [-0.3, -0.25) is 0 Å². The van der Waals surface area contributed by atoms with Crippen LogP contribution < -0.4 is 5.32 Å². The molecule has 4 aromatic rings. The Kier molecular flexibility index (Phi) is 4.73. The van der Waals surface area contributed by atoms with E-state index in [-0.39, 0.29) is 0 Å². The van der Waals surface area contributed by atoms with Gasteiger partial charge >= 0.3 is 0 Å². The quantitative estimate of drug-likeness (QED) is 0.532. The fourth-order valence-corrected chi connectivity index (χ4v) is 3.54. The number of rotatable bonds is 6. The molecule has 0 amide bonds. The second kappa shape index (κ2) is 7.31. The molecule has 0 saturated heterocycles. The van der Waals surface area contributed by atoms with Gasteiger partial charge in [0.05, 0.1) is 11.9 Å². The Morgan fingerprint density at radius 3 is 2.77 bits per heavy atom. The highest BCUT2D eigenvalue weighted by atomic mass is 32.1. The minimum Gasteiger partial charge on any atom is -0.312 e. The van der Waals surface area contributed by atoms with Crippen LogP contribution in [-0.2, 0) is 13.0 Å². The van der Waals surface area contributed by atoms with Crippen molar-refractivity contribution in [3.63, 3.8) is 0 Å². The van der Waals surface area contributed by atoms with Crippen molar-refractivity contribution in [2.45, 2.75) is 26.8 Å². The molecule has 6 nitrogen and oxygen atoms in total. The summed E-state index contributed by atoms with van der Waals surface area (Å²) in [5.41, 5.74) is 4.39. The maximum atomic E-state index is 4.58. The SMILES string of the molecule is Cc1cccc(-c2ncc(CNCCc3cn4nc(C)sc4n3)cn2)c1. The van der Waals surface area contributed by atoms with Gasteiger partial charge < -0.3 is 5.32 Å². The Bertz CT molecular complexity index is 987. The molecular weight excluding hydrogens is 344 g/mol. The van der Waals surface area contributed by atoms with Gasteiger partial charge in [0.25, 0.3) is 0 Å². The lowest BCUT2D eigenvalue weighted by atomic mass is 10.1. The summed E-state index contributed by atoms with van der Waals surface area (Å²) in [6.07, 6.45) is 6.64. The summed E-state index contributed by atoms with van der Waals surface area (Å²) in [5.74, 6) is 0.762. The first-order valence-corrected chi connectivity index (χ1v) is 9.39. The Morgan fingerprint density at radius 1 is 1.15 bits per heavy atom. The molecule has 1 N–H and O–H groups in total. The van der Waals surface area contributed by atoms with E-state index in [1.165, 1.54) is 5.56 Å². The molecule has 3 heterocycles. The Balaban J connectivity index is 1.29. The zero-order chi connectivity index (χ0) is 17.9. The molecular formula is C19H20N6S. The molecule has 132 valence electrons. The van der Waals surface area contributed by atoms with Gasteiger partial charge in [-0.05, 0) is 19.9 Å². The van der Waals surface area contributed by atoms with Crippen LogP contribution in [0.25, 0.3) is 16.3 Å². The molecule has 0 aliphatic heterocycles. The van der Waals surface area contributed by atoms with Crippen molar-refractivity contribution >= 4 is 16.3 Å². The number of nitrogens with one attached hydrogen (secondary N) is 1. The molecule has 26 heavy (non-hydrogen) atoms. The predicted molar refractivity (Wildman–Crippen MR) is 103 cm³/mol. The lowest BCUT2D eigenvalue weighted by Gasteiger charge is -2.05. The number of aryl methyl sites for hydroxylation is 2. The molecule has 0 saturated carbocycles. The number of imidazole rings is 1. The van der Waals surface area contributed by atoms with E-state index in [9.17, 15) is 0 Å². The van der Waals surface area contributed by atoms with Gasteiger partial charge in [0.2, 0.25) is 4.96 Å². The van der Waals surface area contributed by atoms with Gasteiger partial charge in [0.1, 0.15) is 5.01 Å². The third-order valence-corrected chi connectivity index (χ3v) is 4.90. The van der Waals surface area contributed by atoms with Crippen LogP contribution >= 0.6 is 11.3 Å². The van der Waals surface area contributed by atoms with E-state index in [0.717, 1.165) is 52.1 Å². The van der Waals surface area contributed by atoms with Crippen LogP contribution in [-0.4, -0.2) is 31.1 Å². The van der Waals surface area contributed by atoms with Crippen LogP contribution in [0.15, 0.2) is 42.9 Å². The van der Waals surface area contributed by atoms with Crippen LogP contribution in [0.2, 0.25) is 0 Å². The zero-order valence-electron chi connectivity index (χ0n) is 14.8.